The Labute approximate surface area is 183 Å². The molecule has 31 heavy (non-hydrogen) atoms. The van der Waals surface area contributed by atoms with Crippen LogP contribution in [-0.4, -0.2) is 56.7 Å². The number of rotatable bonds is 5. The summed E-state index contributed by atoms with van der Waals surface area (Å²) in [6.45, 7) is 10.9. The third-order valence-electron chi connectivity index (χ3n) is 5.86. The van der Waals surface area contributed by atoms with Crippen molar-refractivity contribution in [2.24, 2.45) is 0 Å². The van der Waals surface area contributed by atoms with E-state index < -0.39 is 0 Å². The summed E-state index contributed by atoms with van der Waals surface area (Å²) in [5.41, 5.74) is 3.10. The summed E-state index contributed by atoms with van der Waals surface area (Å²) in [5.74, 6) is 2.52. The van der Waals surface area contributed by atoms with Crippen molar-refractivity contribution in [1.29, 1.82) is 0 Å². The molecule has 162 valence electrons. The van der Waals surface area contributed by atoms with Gasteiger partial charge in [-0.1, -0.05) is 37.3 Å². The summed E-state index contributed by atoms with van der Waals surface area (Å²) < 4.78 is 1.86. The molecule has 0 radical (unpaired) electrons. The molecule has 1 atom stereocenters. The predicted molar refractivity (Wildman–Crippen MR) is 122 cm³/mol. The van der Waals surface area contributed by atoms with Crippen LogP contribution in [0, 0.1) is 20.8 Å². The Morgan fingerprint density at radius 2 is 1.65 bits per heavy atom. The monoisotopic (exact) mass is 418 g/mol. The van der Waals surface area contributed by atoms with E-state index in [1.807, 2.05) is 72.8 Å². The summed E-state index contributed by atoms with van der Waals surface area (Å²) in [4.78, 5) is 26.6. The lowest BCUT2D eigenvalue weighted by atomic mass is 9.95. The van der Waals surface area contributed by atoms with Gasteiger partial charge in [-0.15, -0.1) is 0 Å². The number of aryl methyl sites for hydroxylation is 3. The third kappa shape index (κ3) is 4.45. The highest BCUT2D eigenvalue weighted by Gasteiger charge is 2.28. The molecule has 3 heterocycles. The molecule has 0 aliphatic carbocycles. The van der Waals surface area contributed by atoms with Crippen LogP contribution in [0.25, 0.3) is 5.82 Å². The molecule has 1 amide bonds. The van der Waals surface area contributed by atoms with Crippen LogP contribution >= 0.6 is 0 Å². The zero-order valence-corrected chi connectivity index (χ0v) is 18.7. The standard InChI is InChI=1S/C24H30N6O/c1-5-21(20-9-7-6-8-10-20)24(31)29-13-11-28(12-14-29)22-16-23(26-19(4)25-22)30-18(3)15-17(2)27-30/h6-10,15-16,21H,5,11-14H2,1-4H3. The van der Waals surface area contributed by atoms with Crippen molar-refractivity contribution in [3.05, 3.63) is 65.2 Å². The minimum absolute atomic E-state index is 0.0772. The SMILES string of the molecule is CCC(C(=O)N1CCN(c2cc(-n3nc(C)cc3C)nc(C)n2)CC1)c1ccccc1. The van der Waals surface area contributed by atoms with E-state index in [1.54, 1.807) is 0 Å². The van der Waals surface area contributed by atoms with Gasteiger partial charge in [0.05, 0.1) is 11.6 Å². The molecule has 1 saturated heterocycles. The van der Waals surface area contributed by atoms with Gasteiger partial charge in [-0.2, -0.15) is 5.10 Å². The van der Waals surface area contributed by atoms with Crippen molar-refractivity contribution in [1.82, 2.24) is 24.6 Å². The molecular formula is C24H30N6O. The average molecular weight is 419 g/mol. The molecule has 0 N–H and O–H groups in total. The molecule has 1 aromatic carbocycles. The molecule has 3 aromatic rings. The second-order valence-corrected chi connectivity index (χ2v) is 8.15. The maximum atomic E-state index is 13.2. The lowest BCUT2D eigenvalue weighted by Gasteiger charge is -2.37. The van der Waals surface area contributed by atoms with Gasteiger partial charge in [0.25, 0.3) is 0 Å². The van der Waals surface area contributed by atoms with E-state index in [1.165, 1.54) is 0 Å². The smallest absolute Gasteiger partial charge is 0.230 e. The fraction of sp³-hybridized carbons (Fsp3) is 0.417. The van der Waals surface area contributed by atoms with Crippen LogP contribution in [0.4, 0.5) is 5.82 Å². The summed E-state index contributed by atoms with van der Waals surface area (Å²) in [7, 11) is 0. The van der Waals surface area contributed by atoms with E-state index in [9.17, 15) is 4.79 Å². The van der Waals surface area contributed by atoms with Gasteiger partial charge in [0.2, 0.25) is 5.91 Å². The number of nitrogens with zero attached hydrogens (tertiary/aromatic N) is 6. The second-order valence-electron chi connectivity index (χ2n) is 8.15. The lowest BCUT2D eigenvalue weighted by Crippen LogP contribution is -2.50. The zero-order chi connectivity index (χ0) is 22.0. The average Bonchev–Trinajstić information content (AvgIpc) is 3.12. The maximum absolute atomic E-state index is 13.2. The van der Waals surface area contributed by atoms with E-state index in [-0.39, 0.29) is 11.8 Å². The van der Waals surface area contributed by atoms with Crippen molar-refractivity contribution < 1.29 is 4.79 Å². The minimum Gasteiger partial charge on any atom is -0.353 e. The highest BCUT2D eigenvalue weighted by atomic mass is 16.2. The molecule has 7 nitrogen and oxygen atoms in total. The first-order chi connectivity index (χ1) is 15.0. The topological polar surface area (TPSA) is 67.2 Å². The lowest BCUT2D eigenvalue weighted by molar-refractivity contribution is -0.133. The van der Waals surface area contributed by atoms with Crippen molar-refractivity contribution in [3.63, 3.8) is 0 Å². The van der Waals surface area contributed by atoms with Crippen LogP contribution < -0.4 is 4.90 Å². The van der Waals surface area contributed by atoms with Gasteiger partial charge in [0.1, 0.15) is 11.6 Å². The van der Waals surface area contributed by atoms with Gasteiger partial charge in [-0.05, 0) is 38.8 Å². The molecule has 7 heteroatoms. The molecule has 1 fully saturated rings. The highest BCUT2D eigenvalue weighted by molar-refractivity contribution is 5.84. The number of amides is 1. The van der Waals surface area contributed by atoms with E-state index in [2.05, 4.69) is 26.9 Å². The van der Waals surface area contributed by atoms with Gasteiger partial charge >= 0.3 is 0 Å². The van der Waals surface area contributed by atoms with Gasteiger partial charge in [-0.3, -0.25) is 4.79 Å². The quantitative estimate of drug-likeness (QED) is 0.635. The largest absolute Gasteiger partial charge is 0.353 e. The summed E-state index contributed by atoms with van der Waals surface area (Å²) in [5, 5.41) is 4.56. The van der Waals surface area contributed by atoms with Crippen LogP contribution in [0.5, 0.6) is 0 Å². The Kier molecular flexibility index (Phi) is 6.02. The molecule has 4 rings (SSSR count). The first-order valence-corrected chi connectivity index (χ1v) is 10.9. The Hall–Kier alpha value is -3.22. The summed E-state index contributed by atoms with van der Waals surface area (Å²) in [6, 6.07) is 14.1. The number of hydrogen-bond donors (Lipinski definition) is 0. The maximum Gasteiger partial charge on any atom is 0.230 e. The van der Waals surface area contributed by atoms with Gasteiger partial charge in [-0.25, -0.2) is 14.6 Å². The zero-order valence-electron chi connectivity index (χ0n) is 18.7. The fourth-order valence-electron chi connectivity index (χ4n) is 4.28. The number of aromatic nitrogens is 4. The number of hydrogen-bond acceptors (Lipinski definition) is 5. The first kappa shape index (κ1) is 21.0. The van der Waals surface area contributed by atoms with E-state index >= 15 is 0 Å². The molecule has 1 aliphatic heterocycles. The summed E-state index contributed by atoms with van der Waals surface area (Å²) in [6.07, 6.45) is 0.806. The molecule has 1 aliphatic rings. The highest BCUT2D eigenvalue weighted by Crippen LogP contribution is 2.24. The first-order valence-electron chi connectivity index (χ1n) is 10.9. The molecule has 0 spiro atoms. The van der Waals surface area contributed by atoms with E-state index in [0.29, 0.717) is 18.9 Å². The van der Waals surface area contributed by atoms with Crippen molar-refractivity contribution in [2.45, 2.75) is 40.0 Å². The van der Waals surface area contributed by atoms with Crippen LogP contribution in [0.3, 0.4) is 0 Å². The Bertz CT molecular complexity index is 1050. The van der Waals surface area contributed by atoms with Crippen LogP contribution in [0.15, 0.2) is 42.5 Å². The number of carbonyl (C=O) groups is 1. The van der Waals surface area contributed by atoms with E-state index in [4.69, 9.17) is 0 Å². The molecule has 0 bridgehead atoms. The normalized spacial score (nSPS) is 15.2. The fourth-order valence-corrected chi connectivity index (χ4v) is 4.28. The van der Waals surface area contributed by atoms with Gasteiger partial charge in [0, 0.05) is 37.9 Å². The second kappa shape index (κ2) is 8.88. The van der Waals surface area contributed by atoms with Crippen molar-refractivity contribution >= 4 is 11.7 Å². The Morgan fingerprint density at radius 1 is 0.968 bits per heavy atom. The summed E-state index contributed by atoms with van der Waals surface area (Å²) >= 11 is 0. The van der Waals surface area contributed by atoms with Crippen LogP contribution in [0.2, 0.25) is 0 Å². The number of anilines is 1. The predicted octanol–water partition coefficient (Wildman–Crippen LogP) is 3.43. The number of piperazine rings is 1. The molecule has 2 aromatic heterocycles. The molecular weight excluding hydrogens is 388 g/mol. The van der Waals surface area contributed by atoms with Gasteiger partial charge in [0.15, 0.2) is 5.82 Å². The number of benzene rings is 1. The van der Waals surface area contributed by atoms with Crippen molar-refractivity contribution in [2.75, 3.05) is 31.1 Å². The van der Waals surface area contributed by atoms with Crippen LogP contribution in [-0.2, 0) is 4.79 Å². The van der Waals surface area contributed by atoms with E-state index in [0.717, 1.165) is 48.1 Å². The third-order valence-corrected chi connectivity index (χ3v) is 5.86. The molecule has 1 unspecified atom stereocenters. The molecule has 0 saturated carbocycles. The minimum atomic E-state index is -0.0772. The Morgan fingerprint density at radius 3 is 2.26 bits per heavy atom. The Balaban J connectivity index is 1.48. The van der Waals surface area contributed by atoms with Crippen molar-refractivity contribution in [3.8, 4) is 5.82 Å². The number of carbonyl (C=O) groups excluding carboxylic acids is 1. The van der Waals surface area contributed by atoms with Crippen LogP contribution in [0.1, 0.15) is 42.0 Å². The van der Waals surface area contributed by atoms with Gasteiger partial charge < -0.3 is 9.80 Å².